The van der Waals surface area contributed by atoms with Gasteiger partial charge in [0.2, 0.25) is 5.92 Å². The van der Waals surface area contributed by atoms with E-state index in [2.05, 4.69) is 15.5 Å². The normalized spacial score (nSPS) is 25.5. The monoisotopic (exact) mass is 405 g/mol. The molecule has 1 unspecified atom stereocenters. The van der Waals surface area contributed by atoms with Gasteiger partial charge in [-0.1, -0.05) is 25.7 Å². The molecule has 0 aromatic carbocycles. The number of ether oxygens (including phenoxy) is 1. The van der Waals surface area contributed by atoms with Crippen LogP contribution in [-0.4, -0.2) is 34.2 Å². The molecule has 1 aromatic heterocycles. The van der Waals surface area contributed by atoms with Gasteiger partial charge in [0.1, 0.15) is 6.10 Å². The third kappa shape index (κ3) is 5.38. The predicted molar refractivity (Wildman–Crippen MR) is 96.0 cm³/mol. The van der Waals surface area contributed by atoms with E-state index in [1.165, 1.54) is 25.7 Å². The van der Waals surface area contributed by atoms with E-state index in [4.69, 9.17) is 4.74 Å². The first-order valence-electron chi connectivity index (χ1n) is 9.93. The van der Waals surface area contributed by atoms with Crippen molar-refractivity contribution in [2.45, 2.75) is 95.0 Å². The molecule has 5 nitrogen and oxygen atoms in total. The fourth-order valence-electron chi connectivity index (χ4n) is 3.55. The molecule has 3 saturated carbocycles. The standard InChI is InChI=1S/C15H19F4N3O2.C4H8/c1-8-11(9-5-15(18,19)6-9)21-22-12(8)20-13(23)24-10-3-2-4-14(16,17)7-10;1-2-4-3-1/h9-10H,2-7H2,1H3,(H2,20,21,22,23);1-4H2. The lowest BCUT2D eigenvalue weighted by molar-refractivity contribution is -0.0877. The molecule has 158 valence electrons. The molecule has 1 aromatic rings. The average molecular weight is 405 g/mol. The molecule has 3 aliphatic carbocycles. The van der Waals surface area contributed by atoms with Gasteiger partial charge in [0.25, 0.3) is 5.92 Å². The molecule has 9 heteroatoms. The molecule has 0 aliphatic heterocycles. The van der Waals surface area contributed by atoms with E-state index >= 15 is 0 Å². The largest absolute Gasteiger partial charge is 0.446 e. The second-order valence-electron chi connectivity index (χ2n) is 8.09. The Morgan fingerprint density at radius 2 is 1.71 bits per heavy atom. The van der Waals surface area contributed by atoms with Crippen molar-refractivity contribution >= 4 is 11.9 Å². The molecule has 1 atom stereocenters. The van der Waals surface area contributed by atoms with E-state index in [0.29, 0.717) is 24.1 Å². The van der Waals surface area contributed by atoms with Crippen molar-refractivity contribution in [1.82, 2.24) is 10.2 Å². The average Bonchev–Trinajstić information content (AvgIpc) is 2.82. The second-order valence-corrected chi connectivity index (χ2v) is 8.09. The third-order valence-corrected chi connectivity index (χ3v) is 5.63. The first-order chi connectivity index (χ1) is 13.2. The van der Waals surface area contributed by atoms with Crippen molar-refractivity contribution in [3.05, 3.63) is 11.3 Å². The molecule has 3 fully saturated rings. The zero-order chi connectivity index (χ0) is 20.4. The number of hydrogen-bond donors (Lipinski definition) is 2. The molecule has 3 aliphatic rings. The van der Waals surface area contributed by atoms with Crippen LogP contribution in [0, 0.1) is 6.92 Å². The Bertz CT molecular complexity index is 677. The van der Waals surface area contributed by atoms with Gasteiger partial charge in [-0.25, -0.2) is 22.4 Å². The summed E-state index contributed by atoms with van der Waals surface area (Å²) >= 11 is 0. The fourth-order valence-corrected chi connectivity index (χ4v) is 3.55. The Labute approximate surface area is 161 Å². The Morgan fingerprint density at radius 3 is 2.25 bits per heavy atom. The Morgan fingerprint density at radius 1 is 1.07 bits per heavy atom. The number of alkyl halides is 4. The van der Waals surface area contributed by atoms with Gasteiger partial charge in [-0.05, 0) is 19.8 Å². The Kier molecular flexibility index (Phi) is 6.19. The van der Waals surface area contributed by atoms with Crippen molar-refractivity contribution < 1.29 is 27.1 Å². The number of hydrogen-bond acceptors (Lipinski definition) is 3. The fraction of sp³-hybridized carbons (Fsp3) is 0.789. The summed E-state index contributed by atoms with van der Waals surface area (Å²) in [5.41, 5.74) is 1.11. The lowest BCUT2D eigenvalue weighted by Gasteiger charge is -2.34. The summed E-state index contributed by atoms with van der Waals surface area (Å²) in [5.74, 6) is -5.61. The van der Waals surface area contributed by atoms with Crippen LogP contribution >= 0.6 is 0 Å². The summed E-state index contributed by atoms with van der Waals surface area (Å²) in [4.78, 5) is 11.9. The van der Waals surface area contributed by atoms with Crippen LogP contribution in [0.4, 0.5) is 28.2 Å². The predicted octanol–water partition coefficient (Wildman–Crippen LogP) is 5.92. The number of rotatable bonds is 3. The Hall–Kier alpha value is -1.80. The van der Waals surface area contributed by atoms with E-state index in [1.54, 1.807) is 6.92 Å². The summed E-state index contributed by atoms with van der Waals surface area (Å²) in [7, 11) is 0. The number of amides is 1. The molecule has 1 heterocycles. The Balaban J connectivity index is 0.000000500. The topological polar surface area (TPSA) is 67.0 Å². The lowest BCUT2D eigenvalue weighted by Crippen LogP contribution is -2.34. The number of halogens is 4. The molecule has 0 spiro atoms. The lowest BCUT2D eigenvalue weighted by atomic mass is 9.78. The summed E-state index contributed by atoms with van der Waals surface area (Å²) < 4.78 is 57.6. The summed E-state index contributed by atoms with van der Waals surface area (Å²) in [6.45, 7) is 1.65. The van der Waals surface area contributed by atoms with Crippen molar-refractivity contribution in [1.29, 1.82) is 0 Å². The second kappa shape index (κ2) is 8.29. The van der Waals surface area contributed by atoms with Gasteiger partial charge in [0.15, 0.2) is 5.82 Å². The van der Waals surface area contributed by atoms with Crippen LogP contribution in [0.25, 0.3) is 0 Å². The van der Waals surface area contributed by atoms with E-state index in [0.717, 1.165) is 0 Å². The van der Waals surface area contributed by atoms with Crippen LogP contribution in [0.3, 0.4) is 0 Å². The molecule has 4 rings (SSSR count). The molecular formula is C19H27F4N3O2. The van der Waals surface area contributed by atoms with Gasteiger partial charge in [-0.3, -0.25) is 10.4 Å². The summed E-state index contributed by atoms with van der Waals surface area (Å²) in [6.07, 6.45) is 3.81. The quantitative estimate of drug-likeness (QED) is 0.614. The number of nitrogens with zero attached hydrogens (tertiary/aromatic N) is 1. The maximum absolute atomic E-state index is 13.3. The summed E-state index contributed by atoms with van der Waals surface area (Å²) in [5, 5.41) is 8.95. The maximum Gasteiger partial charge on any atom is 0.413 e. The first kappa shape index (κ1) is 20.9. The van der Waals surface area contributed by atoms with Crippen LogP contribution < -0.4 is 5.32 Å². The van der Waals surface area contributed by atoms with E-state index in [1.807, 2.05) is 0 Å². The highest BCUT2D eigenvalue weighted by Gasteiger charge is 2.47. The number of carbonyl (C=O) groups excluding carboxylic acids is 1. The van der Waals surface area contributed by atoms with Gasteiger partial charge in [0, 0.05) is 42.9 Å². The van der Waals surface area contributed by atoms with Gasteiger partial charge in [0.05, 0.1) is 0 Å². The van der Waals surface area contributed by atoms with Crippen LogP contribution in [0.1, 0.15) is 81.4 Å². The number of H-pyrrole nitrogens is 1. The minimum atomic E-state index is -2.81. The van der Waals surface area contributed by atoms with Crippen molar-refractivity contribution in [3.8, 4) is 0 Å². The first-order valence-corrected chi connectivity index (χ1v) is 9.93. The van der Waals surface area contributed by atoms with Crippen LogP contribution in [0.15, 0.2) is 0 Å². The molecular weight excluding hydrogens is 378 g/mol. The minimum Gasteiger partial charge on any atom is -0.446 e. The molecule has 28 heavy (non-hydrogen) atoms. The van der Waals surface area contributed by atoms with Crippen LogP contribution in [0.5, 0.6) is 0 Å². The van der Waals surface area contributed by atoms with Crippen molar-refractivity contribution in [2.24, 2.45) is 0 Å². The maximum atomic E-state index is 13.3. The van der Waals surface area contributed by atoms with Crippen LogP contribution in [0.2, 0.25) is 0 Å². The molecule has 0 radical (unpaired) electrons. The molecule has 0 saturated heterocycles. The number of aromatic amines is 1. The van der Waals surface area contributed by atoms with Crippen LogP contribution in [-0.2, 0) is 4.74 Å². The van der Waals surface area contributed by atoms with Gasteiger partial charge in [-0.15, -0.1) is 0 Å². The number of carbonyl (C=O) groups is 1. The molecule has 2 N–H and O–H groups in total. The summed E-state index contributed by atoms with van der Waals surface area (Å²) in [6, 6.07) is 0. The van der Waals surface area contributed by atoms with E-state index < -0.39 is 30.5 Å². The van der Waals surface area contributed by atoms with Gasteiger partial charge < -0.3 is 4.74 Å². The number of aromatic nitrogens is 2. The van der Waals surface area contributed by atoms with Gasteiger partial charge in [-0.2, -0.15) is 5.10 Å². The SMILES string of the molecule is C1CCC1.Cc1c(NC(=O)OC2CCCC(F)(F)C2)n[nH]c1C1CC(F)(F)C1. The smallest absolute Gasteiger partial charge is 0.413 e. The van der Waals surface area contributed by atoms with Crippen molar-refractivity contribution in [2.75, 3.05) is 5.32 Å². The molecule has 0 bridgehead atoms. The highest BCUT2D eigenvalue weighted by atomic mass is 19.3. The molecule has 1 amide bonds. The van der Waals surface area contributed by atoms with E-state index in [9.17, 15) is 22.4 Å². The van der Waals surface area contributed by atoms with Gasteiger partial charge >= 0.3 is 6.09 Å². The zero-order valence-electron chi connectivity index (χ0n) is 16.0. The third-order valence-electron chi connectivity index (χ3n) is 5.63. The highest BCUT2D eigenvalue weighted by molar-refractivity contribution is 5.84. The zero-order valence-corrected chi connectivity index (χ0v) is 16.0. The number of nitrogens with one attached hydrogen (secondary N) is 2. The highest BCUT2D eigenvalue weighted by Crippen LogP contribution is 2.49. The van der Waals surface area contributed by atoms with E-state index in [-0.39, 0.29) is 31.0 Å². The minimum absolute atomic E-state index is 0.174. The number of anilines is 1. The van der Waals surface area contributed by atoms with Crippen molar-refractivity contribution in [3.63, 3.8) is 0 Å².